The van der Waals surface area contributed by atoms with Gasteiger partial charge < -0.3 is 0 Å². The van der Waals surface area contributed by atoms with E-state index in [-0.39, 0.29) is 0 Å². The minimum atomic E-state index is 1.32. The molecule has 0 atom stereocenters. The summed E-state index contributed by atoms with van der Waals surface area (Å²) in [5.41, 5.74) is 1.32. The minimum absolute atomic E-state index is 1.32. The Balaban J connectivity index is 2.44. The number of hydrogen-bond donors (Lipinski definition) is 0. The zero-order valence-electron chi connectivity index (χ0n) is 10.1. The third-order valence-corrected chi connectivity index (χ3v) is 4.38. The Morgan fingerprint density at radius 2 is 1.28 bits per heavy atom. The first kappa shape index (κ1) is 10.1. The van der Waals surface area contributed by atoms with E-state index in [9.17, 15) is 0 Å². The van der Waals surface area contributed by atoms with Gasteiger partial charge in [-0.2, -0.15) is 11.3 Å². The van der Waals surface area contributed by atoms with Gasteiger partial charge in [-0.15, -0.1) is 0 Å². The molecule has 0 aliphatic carbocycles. The second kappa shape index (κ2) is 3.56. The molecule has 0 unspecified atom stereocenters. The lowest BCUT2D eigenvalue weighted by Crippen LogP contribution is -1.81. The van der Waals surface area contributed by atoms with E-state index in [4.69, 9.17) is 0 Å². The summed E-state index contributed by atoms with van der Waals surface area (Å²) in [7, 11) is 0. The van der Waals surface area contributed by atoms with Crippen molar-refractivity contribution in [2.24, 2.45) is 0 Å². The first-order valence-corrected chi connectivity index (χ1v) is 7.06. The highest BCUT2D eigenvalue weighted by molar-refractivity contribution is 7.09. The maximum atomic E-state index is 2.30. The Kier molecular flexibility index (Phi) is 2.00. The van der Waals surface area contributed by atoms with Crippen molar-refractivity contribution in [3.63, 3.8) is 0 Å². The van der Waals surface area contributed by atoms with E-state index in [1.54, 1.807) is 11.3 Å². The number of thiophene rings is 1. The van der Waals surface area contributed by atoms with Gasteiger partial charge in [0.25, 0.3) is 0 Å². The van der Waals surface area contributed by atoms with Crippen LogP contribution in [0.1, 0.15) is 5.56 Å². The molecular formula is C17H12S. The fourth-order valence-electron chi connectivity index (χ4n) is 2.78. The molecule has 0 fully saturated rings. The van der Waals surface area contributed by atoms with E-state index in [0.29, 0.717) is 0 Å². The van der Waals surface area contributed by atoms with E-state index < -0.39 is 0 Å². The van der Waals surface area contributed by atoms with Crippen molar-refractivity contribution in [1.82, 2.24) is 0 Å². The molecule has 0 aliphatic heterocycles. The Labute approximate surface area is 109 Å². The number of hydrogen-bond acceptors (Lipinski definition) is 1. The third kappa shape index (κ3) is 1.25. The van der Waals surface area contributed by atoms with Crippen molar-refractivity contribution in [2.45, 2.75) is 6.92 Å². The molecule has 0 saturated heterocycles. The molecule has 0 amide bonds. The van der Waals surface area contributed by atoms with Crippen molar-refractivity contribution in [1.29, 1.82) is 0 Å². The topological polar surface area (TPSA) is 0 Å². The molecule has 0 saturated carbocycles. The smallest absolute Gasteiger partial charge is 0.000840 e. The summed E-state index contributed by atoms with van der Waals surface area (Å²) in [6, 6.07) is 15.5. The van der Waals surface area contributed by atoms with Crippen molar-refractivity contribution in [2.75, 3.05) is 0 Å². The lowest BCUT2D eigenvalue weighted by molar-refractivity contribution is 1.51. The maximum absolute atomic E-state index is 2.30. The van der Waals surface area contributed by atoms with Crippen molar-refractivity contribution in [3.8, 4) is 0 Å². The van der Waals surface area contributed by atoms with Gasteiger partial charge in [0.15, 0.2) is 0 Å². The third-order valence-electron chi connectivity index (χ3n) is 3.63. The summed E-state index contributed by atoms with van der Waals surface area (Å²) in [6.45, 7) is 2.16. The van der Waals surface area contributed by atoms with Crippen LogP contribution in [0.15, 0.2) is 53.2 Å². The summed E-state index contributed by atoms with van der Waals surface area (Å²) < 4.78 is 0. The van der Waals surface area contributed by atoms with Gasteiger partial charge in [0, 0.05) is 10.8 Å². The van der Waals surface area contributed by atoms with E-state index >= 15 is 0 Å². The first-order valence-electron chi connectivity index (χ1n) is 6.11. The summed E-state index contributed by atoms with van der Waals surface area (Å²) in [5, 5.41) is 12.8. The van der Waals surface area contributed by atoms with Crippen molar-refractivity contribution < 1.29 is 0 Å². The van der Waals surface area contributed by atoms with E-state index in [0.717, 1.165) is 0 Å². The van der Waals surface area contributed by atoms with Crippen LogP contribution >= 0.6 is 11.3 Å². The van der Waals surface area contributed by atoms with Crippen LogP contribution < -0.4 is 0 Å². The molecule has 4 aromatic rings. The normalized spacial score (nSPS) is 11.6. The van der Waals surface area contributed by atoms with Gasteiger partial charge in [-0.1, -0.05) is 48.0 Å². The van der Waals surface area contributed by atoms with Crippen LogP contribution in [0.4, 0.5) is 0 Å². The van der Waals surface area contributed by atoms with Crippen LogP contribution in [0, 0.1) is 6.92 Å². The number of aryl methyl sites for hydroxylation is 1. The van der Waals surface area contributed by atoms with Gasteiger partial charge in [0.1, 0.15) is 0 Å². The zero-order chi connectivity index (χ0) is 12.1. The van der Waals surface area contributed by atoms with Crippen LogP contribution in [0.3, 0.4) is 0 Å². The lowest BCUT2D eigenvalue weighted by Gasteiger charge is -2.07. The quantitative estimate of drug-likeness (QED) is 0.360. The zero-order valence-corrected chi connectivity index (χ0v) is 10.9. The van der Waals surface area contributed by atoms with Crippen LogP contribution in [-0.4, -0.2) is 0 Å². The van der Waals surface area contributed by atoms with E-state index in [2.05, 4.69) is 60.1 Å². The van der Waals surface area contributed by atoms with Gasteiger partial charge in [-0.3, -0.25) is 0 Å². The number of rotatable bonds is 0. The van der Waals surface area contributed by atoms with Gasteiger partial charge in [0.05, 0.1) is 0 Å². The van der Waals surface area contributed by atoms with Crippen molar-refractivity contribution in [3.05, 3.63) is 58.8 Å². The second-order valence-corrected chi connectivity index (χ2v) is 5.54. The Bertz CT molecular complexity index is 884. The first-order chi connectivity index (χ1) is 8.84. The molecule has 4 rings (SSSR count). The number of fused-ring (bicyclic) bond motifs is 6. The molecule has 0 aliphatic rings. The molecule has 1 heteroatoms. The second-order valence-electron chi connectivity index (χ2n) is 4.79. The summed E-state index contributed by atoms with van der Waals surface area (Å²) in [4.78, 5) is 0. The Morgan fingerprint density at radius 1 is 0.667 bits per heavy atom. The SMILES string of the molecule is Cc1ccc2c3ccccc3c3cscc3c2c1. The predicted octanol–water partition coefficient (Wildman–Crippen LogP) is 5.52. The van der Waals surface area contributed by atoms with Crippen LogP contribution in [0.5, 0.6) is 0 Å². The predicted molar refractivity (Wildman–Crippen MR) is 81.6 cm³/mol. The Morgan fingerprint density at radius 3 is 2.06 bits per heavy atom. The molecular weight excluding hydrogens is 236 g/mol. The average molecular weight is 248 g/mol. The summed E-state index contributed by atoms with van der Waals surface area (Å²) in [5.74, 6) is 0. The van der Waals surface area contributed by atoms with Gasteiger partial charge in [-0.25, -0.2) is 0 Å². The highest BCUT2D eigenvalue weighted by atomic mass is 32.1. The maximum Gasteiger partial charge on any atom is 0.000840 e. The molecule has 18 heavy (non-hydrogen) atoms. The van der Waals surface area contributed by atoms with Gasteiger partial charge in [-0.05, 0) is 39.2 Å². The van der Waals surface area contributed by atoms with Gasteiger partial charge >= 0.3 is 0 Å². The van der Waals surface area contributed by atoms with Crippen LogP contribution in [0.25, 0.3) is 32.3 Å². The average Bonchev–Trinajstić information content (AvgIpc) is 2.88. The molecule has 0 nitrogen and oxygen atoms in total. The molecule has 86 valence electrons. The standard InChI is InChI=1S/C17H12S/c1-11-6-7-14-12-4-2-3-5-13(12)16-9-18-10-17(16)15(14)8-11/h2-10H,1H3. The molecule has 0 N–H and O–H groups in total. The monoisotopic (exact) mass is 248 g/mol. The number of benzene rings is 3. The fraction of sp³-hybridized carbons (Fsp3) is 0.0588. The molecule has 1 aromatic heterocycles. The van der Waals surface area contributed by atoms with Gasteiger partial charge in [0.2, 0.25) is 0 Å². The molecule has 0 spiro atoms. The van der Waals surface area contributed by atoms with E-state index in [1.165, 1.54) is 37.9 Å². The summed E-state index contributed by atoms with van der Waals surface area (Å²) >= 11 is 1.79. The van der Waals surface area contributed by atoms with E-state index in [1.807, 2.05) is 0 Å². The molecule has 3 aromatic carbocycles. The molecule has 0 bridgehead atoms. The molecule has 0 radical (unpaired) electrons. The largest absolute Gasteiger partial charge is 0.151 e. The Hall–Kier alpha value is -1.86. The fourth-order valence-corrected chi connectivity index (χ4v) is 3.63. The highest BCUT2D eigenvalue weighted by Gasteiger charge is 2.08. The molecule has 1 heterocycles. The van der Waals surface area contributed by atoms with Crippen LogP contribution in [0.2, 0.25) is 0 Å². The van der Waals surface area contributed by atoms with Crippen LogP contribution in [-0.2, 0) is 0 Å². The summed E-state index contributed by atoms with van der Waals surface area (Å²) in [6.07, 6.45) is 0. The van der Waals surface area contributed by atoms with Crippen molar-refractivity contribution >= 4 is 43.7 Å². The lowest BCUT2D eigenvalue weighted by atomic mass is 9.96. The minimum Gasteiger partial charge on any atom is -0.151 e. The highest BCUT2D eigenvalue weighted by Crippen LogP contribution is 2.36.